The molecule has 0 aliphatic rings. The Morgan fingerprint density at radius 1 is 0.952 bits per heavy atom. The molecule has 3 aromatic rings. The molecule has 0 bridgehead atoms. The number of rotatable bonds is 3. The van der Waals surface area contributed by atoms with Gasteiger partial charge in [-0.3, -0.25) is 4.98 Å². The minimum Gasteiger partial charge on any atom is -0.381 e. The zero-order valence-corrected chi connectivity index (χ0v) is 12.8. The van der Waals surface area contributed by atoms with Gasteiger partial charge >= 0.3 is 0 Å². The van der Waals surface area contributed by atoms with E-state index in [2.05, 4.69) is 66.6 Å². The fourth-order valence-electron chi connectivity index (χ4n) is 2.67. The maximum Gasteiger partial charge on any atom is 0.0708 e. The summed E-state index contributed by atoms with van der Waals surface area (Å²) < 4.78 is 0. The van der Waals surface area contributed by atoms with Gasteiger partial charge in [-0.15, -0.1) is 0 Å². The van der Waals surface area contributed by atoms with Gasteiger partial charge in [-0.05, 0) is 55.7 Å². The number of fused-ring (bicyclic) bond motifs is 1. The van der Waals surface area contributed by atoms with Gasteiger partial charge < -0.3 is 5.32 Å². The van der Waals surface area contributed by atoms with Gasteiger partial charge in [-0.25, -0.2) is 0 Å². The normalized spacial score (nSPS) is 10.8. The van der Waals surface area contributed by atoms with E-state index in [4.69, 9.17) is 0 Å². The van der Waals surface area contributed by atoms with Crippen LogP contribution in [0.3, 0.4) is 0 Å². The molecule has 0 spiro atoms. The molecule has 2 heteroatoms. The predicted octanol–water partition coefficient (Wildman–Crippen LogP) is 4.77. The number of hydrogen-bond acceptors (Lipinski definition) is 2. The summed E-state index contributed by atoms with van der Waals surface area (Å²) in [4.78, 5) is 4.60. The highest BCUT2D eigenvalue weighted by molar-refractivity contribution is 5.82. The van der Waals surface area contributed by atoms with Crippen LogP contribution in [-0.2, 0) is 6.54 Å². The second kappa shape index (κ2) is 5.57. The lowest BCUT2D eigenvalue weighted by Crippen LogP contribution is -2.03. The topological polar surface area (TPSA) is 24.9 Å². The molecule has 0 unspecified atom stereocenters. The summed E-state index contributed by atoms with van der Waals surface area (Å²) in [7, 11) is 0. The molecule has 1 heterocycles. The lowest BCUT2D eigenvalue weighted by Gasteiger charge is -2.13. The highest BCUT2D eigenvalue weighted by atomic mass is 14.9. The second-order valence-electron chi connectivity index (χ2n) is 5.54. The molecule has 106 valence electrons. The van der Waals surface area contributed by atoms with Gasteiger partial charge in [0.15, 0.2) is 0 Å². The van der Waals surface area contributed by atoms with Crippen LogP contribution in [0.5, 0.6) is 0 Å². The number of hydrogen-bond donors (Lipinski definition) is 1. The number of nitrogens with zero attached hydrogens (tertiary/aromatic N) is 1. The largest absolute Gasteiger partial charge is 0.381 e. The molecule has 1 N–H and O–H groups in total. The maximum atomic E-state index is 4.60. The molecule has 0 atom stereocenters. The molecule has 0 saturated heterocycles. The smallest absolute Gasteiger partial charge is 0.0708 e. The number of para-hydroxylation sites is 1. The first kappa shape index (κ1) is 13.6. The average Bonchev–Trinajstić information content (AvgIpc) is 2.48. The van der Waals surface area contributed by atoms with E-state index in [1.54, 1.807) is 0 Å². The van der Waals surface area contributed by atoms with Crippen LogP contribution in [0.25, 0.3) is 10.9 Å². The van der Waals surface area contributed by atoms with Crippen LogP contribution in [0.1, 0.15) is 22.4 Å². The van der Waals surface area contributed by atoms with E-state index >= 15 is 0 Å². The van der Waals surface area contributed by atoms with Crippen molar-refractivity contribution in [3.63, 3.8) is 0 Å². The van der Waals surface area contributed by atoms with Crippen LogP contribution in [0.2, 0.25) is 0 Å². The summed E-state index contributed by atoms with van der Waals surface area (Å²) in [6, 6.07) is 16.9. The van der Waals surface area contributed by atoms with Crippen LogP contribution in [-0.4, -0.2) is 4.98 Å². The Kier molecular flexibility index (Phi) is 3.61. The van der Waals surface area contributed by atoms with Crippen LogP contribution < -0.4 is 5.32 Å². The third-order valence-electron chi connectivity index (χ3n) is 4.00. The van der Waals surface area contributed by atoms with E-state index in [1.165, 1.54) is 27.8 Å². The molecule has 3 rings (SSSR count). The van der Waals surface area contributed by atoms with Crippen LogP contribution >= 0.6 is 0 Å². The average molecular weight is 276 g/mol. The zero-order valence-electron chi connectivity index (χ0n) is 12.8. The third-order valence-corrected chi connectivity index (χ3v) is 4.00. The van der Waals surface area contributed by atoms with Gasteiger partial charge in [0.05, 0.1) is 5.52 Å². The van der Waals surface area contributed by atoms with Crippen molar-refractivity contribution in [1.82, 2.24) is 4.98 Å². The van der Waals surface area contributed by atoms with Gasteiger partial charge in [0.25, 0.3) is 0 Å². The van der Waals surface area contributed by atoms with Crippen LogP contribution in [0.15, 0.2) is 48.5 Å². The van der Waals surface area contributed by atoms with Crippen molar-refractivity contribution in [2.45, 2.75) is 27.3 Å². The van der Waals surface area contributed by atoms with Gasteiger partial charge in [-0.1, -0.05) is 30.3 Å². The Morgan fingerprint density at radius 3 is 2.62 bits per heavy atom. The molecule has 2 aromatic carbocycles. The van der Waals surface area contributed by atoms with E-state index in [0.29, 0.717) is 0 Å². The van der Waals surface area contributed by atoms with E-state index < -0.39 is 0 Å². The molecule has 21 heavy (non-hydrogen) atoms. The summed E-state index contributed by atoms with van der Waals surface area (Å²) >= 11 is 0. The monoisotopic (exact) mass is 276 g/mol. The number of aryl methyl sites for hydroxylation is 2. The van der Waals surface area contributed by atoms with Crippen molar-refractivity contribution < 1.29 is 0 Å². The fourth-order valence-corrected chi connectivity index (χ4v) is 2.67. The molecule has 0 aliphatic carbocycles. The number of pyridine rings is 1. The van der Waals surface area contributed by atoms with E-state index in [9.17, 15) is 0 Å². The summed E-state index contributed by atoms with van der Waals surface area (Å²) in [6.07, 6.45) is 0. The minimum atomic E-state index is 0.814. The summed E-state index contributed by atoms with van der Waals surface area (Å²) in [6.45, 7) is 7.17. The highest BCUT2D eigenvalue weighted by Crippen LogP contribution is 2.22. The summed E-state index contributed by atoms with van der Waals surface area (Å²) in [5.74, 6) is 0. The Morgan fingerprint density at radius 2 is 1.76 bits per heavy atom. The van der Waals surface area contributed by atoms with Gasteiger partial charge in [0.1, 0.15) is 0 Å². The second-order valence-corrected chi connectivity index (χ2v) is 5.54. The molecular formula is C19H20N2. The number of benzene rings is 2. The van der Waals surface area contributed by atoms with Crippen molar-refractivity contribution in [2.75, 3.05) is 5.32 Å². The van der Waals surface area contributed by atoms with Crippen molar-refractivity contribution in [3.05, 3.63) is 70.9 Å². The zero-order chi connectivity index (χ0) is 14.8. The first-order valence-corrected chi connectivity index (χ1v) is 7.30. The Hall–Kier alpha value is -2.35. The maximum absolute atomic E-state index is 4.60. The molecular weight excluding hydrogens is 256 g/mol. The van der Waals surface area contributed by atoms with E-state index in [-0.39, 0.29) is 0 Å². The van der Waals surface area contributed by atoms with E-state index in [0.717, 1.165) is 17.8 Å². The standard InChI is InChI=1S/C19H20N2/c1-13-7-6-10-18(15(13)3)20-12-16-11-14(2)21-19-9-5-4-8-17(16)19/h4-11,20H,12H2,1-3H3. The molecule has 0 saturated carbocycles. The van der Waals surface area contributed by atoms with Crippen LogP contribution in [0, 0.1) is 20.8 Å². The first-order chi connectivity index (χ1) is 10.1. The molecule has 0 radical (unpaired) electrons. The summed E-state index contributed by atoms with van der Waals surface area (Å²) in [5, 5.41) is 4.78. The third kappa shape index (κ3) is 2.75. The number of anilines is 1. The Balaban J connectivity index is 1.93. The highest BCUT2D eigenvalue weighted by Gasteiger charge is 2.05. The minimum absolute atomic E-state index is 0.814. The number of aromatic nitrogens is 1. The van der Waals surface area contributed by atoms with Crippen molar-refractivity contribution >= 4 is 16.6 Å². The fraction of sp³-hybridized carbons (Fsp3) is 0.211. The van der Waals surface area contributed by atoms with Crippen molar-refractivity contribution in [1.29, 1.82) is 0 Å². The Bertz CT molecular complexity index is 791. The molecule has 0 amide bonds. The first-order valence-electron chi connectivity index (χ1n) is 7.30. The predicted molar refractivity (Wildman–Crippen MR) is 89.7 cm³/mol. The molecule has 0 fully saturated rings. The SMILES string of the molecule is Cc1cc(CNc2cccc(C)c2C)c2ccccc2n1. The lowest BCUT2D eigenvalue weighted by atomic mass is 10.1. The van der Waals surface area contributed by atoms with Crippen molar-refractivity contribution in [3.8, 4) is 0 Å². The summed E-state index contributed by atoms with van der Waals surface area (Å²) in [5.41, 5.74) is 7.25. The number of nitrogens with one attached hydrogen (secondary N) is 1. The molecule has 1 aromatic heterocycles. The molecule has 0 aliphatic heterocycles. The van der Waals surface area contributed by atoms with Gasteiger partial charge in [-0.2, -0.15) is 0 Å². The van der Waals surface area contributed by atoms with Gasteiger partial charge in [0, 0.05) is 23.3 Å². The quantitative estimate of drug-likeness (QED) is 0.745. The Labute approximate surface area is 125 Å². The van der Waals surface area contributed by atoms with Crippen molar-refractivity contribution in [2.24, 2.45) is 0 Å². The van der Waals surface area contributed by atoms with E-state index in [1.807, 2.05) is 13.0 Å². The van der Waals surface area contributed by atoms with Crippen LogP contribution in [0.4, 0.5) is 5.69 Å². The molecule has 2 nitrogen and oxygen atoms in total. The lowest BCUT2D eigenvalue weighted by molar-refractivity contribution is 1.12. The van der Waals surface area contributed by atoms with Gasteiger partial charge in [0.2, 0.25) is 0 Å².